The fraction of sp³-hybridized carbons (Fsp3) is 0.367. The van der Waals surface area contributed by atoms with Crippen LogP contribution >= 0.6 is 11.3 Å². The van der Waals surface area contributed by atoms with Crippen LogP contribution in [0, 0.1) is 0 Å². The van der Waals surface area contributed by atoms with Crippen molar-refractivity contribution in [3.8, 4) is 0 Å². The summed E-state index contributed by atoms with van der Waals surface area (Å²) in [6.07, 6.45) is 9.44. The number of nitrogens with two attached hydrogens (primary N) is 1. The molecule has 0 aliphatic carbocycles. The molecule has 37 heavy (non-hydrogen) atoms. The Balaban J connectivity index is 1.23. The highest BCUT2D eigenvalue weighted by atomic mass is 32.1. The second-order valence-corrected chi connectivity index (χ2v) is 11.1. The van der Waals surface area contributed by atoms with Crippen LogP contribution in [0.15, 0.2) is 60.2 Å². The van der Waals surface area contributed by atoms with E-state index in [4.69, 9.17) is 10.7 Å². The number of unbranched alkanes of at least 4 members (excludes halogenated alkanes) is 1. The topological polar surface area (TPSA) is 72.9 Å². The fourth-order valence-electron chi connectivity index (χ4n) is 5.68. The van der Waals surface area contributed by atoms with Crippen LogP contribution in [0.3, 0.4) is 0 Å². The van der Waals surface area contributed by atoms with E-state index < -0.39 is 0 Å². The maximum Gasteiger partial charge on any atom is 0.152 e. The Bertz CT molecular complexity index is 1500. The third-order valence-corrected chi connectivity index (χ3v) is 8.56. The molecule has 0 bridgehead atoms. The Hall–Kier alpha value is -3.29. The average molecular weight is 511 g/mol. The van der Waals surface area contributed by atoms with E-state index in [2.05, 4.69) is 74.2 Å². The Morgan fingerprint density at radius 3 is 2.57 bits per heavy atom. The molecule has 4 aromatic heterocycles. The zero-order valence-electron chi connectivity index (χ0n) is 21.4. The summed E-state index contributed by atoms with van der Waals surface area (Å²) in [6, 6.07) is 15.5. The molecule has 2 N–H and O–H groups in total. The molecule has 0 atom stereocenters. The predicted octanol–water partition coefficient (Wildman–Crippen LogP) is 6.39. The standard InChI is InChI=1S/C30H34N6S/c1-2-3-7-26-34-27-28(29-25(12-17-37-29)33-30(27)31)36(26)20-22-6-4-5-21(18-22)19-35-15-10-24(11-16-35)23-8-13-32-14-9-23/h4-6,8-9,12-14,17-18,24H,2-3,7,10-11,15-16,19-20H2,1H3,(H2,31,33). The van der Waals surface area contributed by atoms with E-state index in [1.165, 1.54) is 34.2 Å². The molecule has 0 saturated carbocycles. The van der Waals surface area contributed by atoms with Gasteiger partial charge in [-0.2, -0.15) is 0 Å². The lowest BCUT2D eigenvalue weighted by atomic mass is 9.90. The number of nitrogens with zero attached hydrogens (tertiary/aromatic N) is 5. The van der Waals surface area contributed by atoms with Gasteiger partial charge in [0.2, 0.25) is 0 Å². The molecule has 190 valence electrons. The molecular formula is C30H34N6S. The largest absolute Gasteiger partial charge is 0.382 e. The number of piperidine rings is 1. The van der Waals surface area contributed by atoms with Crippen molar-refractivity contribution in [3.05, 3.63) is 82.8 Å². The van der Waals surface area contributed by atoms with Crippen LogP contribution in [-0.4, -0.2) is 37.5 Å². The second-order valence-electron chi connectivity index (χ2n) is 10.2. The first kappa shape index (κ1) is 24.1. The maximum atomic E-state index is 6.37. The van der Waals surface area contributed by atoms with Gasteiger partial charge >= 0.3 is 0 Å². The van der Waals surface area contributed by atoms with E-state index in [1.54, 1.807) is 11.3 Å². The molecule has 5 heterocycles. The molecule has 1 saturated heterocycles. The molecule has 6 nitrogen and oxygen atoms in total. The summed E-state index contributed by atoms with van der Waals surface area (Å²) >= 11 is 1.72. The highest BCUT2D eigenvalue weighted by Gasteiger charge is 2.21. The van der Waals surface area contributed by atoms with Crippen LogP contribution in [0.25, 0.3) is 21.3 Å². The lowest BCUT2D eigenvalue weighted by molar-refractivity contribution is 0.204. The van der Waals surface area contributed by atoms with Crippen molar-refractivity contribution in [1.29, 1.82) is 0 Å². The number of hydrogen-bond donors (Lipinski definition) is 1. The highest BCUT2D eigenvalue weighted by molar-refractivity contribution is 7.18. The summed E-state index contributed by atoms with van der Waals surface area (Å²) in [5, 5.41) is 2.10. The third-order valence-electron chi connectivity index (χ3n) is 7.65. The van der Waals surface area contributed by atoms with Gasteiger partial charge in [0, 0.05) is 31.9 Å². The third kappa shape index (κ3) is 4.98. The van der Waals surface area contributed by atoms with Crippen molar-refractivity contribution < 1.29 is 0 Å². The molecule has 0 spiro atoms. The zero-order chi connectivity index (χ0) is 25.2. The fourth-order valence-corrected chi connectivity index (χ4v) is 6.57. The number of fused-ring (bicyclic) bond motifs is 3. The number of aryl methyl sites for hydroxylation is 1. The number of rotatable bonds is 8. The van der Waals surface area contributed by atoms with Gasteiger partial charge in [-0.25, -0.2) is 9.97 Å². The number of nitrogen functional groups attached to an aromatic ring is 1. The SMILES string of the molecule is CCCCc1nc2c(N)nc3ccsc3c2n1Cc1cccc(CN2CCC(c3ccncc3)CC2)c1. The quantitative estimate of drug-likeness (QED) is 0.262. The minimum absolute atomic E-state index is 0.529. The number of likely N-dealkylation sites (tertiary alicyclic amines) is 1. The minimum atomic E-state index is 0.529. The van der Waals surface area contributed by atoms with Crippen molar-refractivity contribution in [3.63, 3.8) is 0 Å². The van der Waals surface area contributed by atoms with Crippen LogP contribution in [-0.2, 0) is 19.5 Å². The van der Waals surface area contributed by atoms with Crippen molar-refractivity contribution >= 4 is 38.4 Å². The lowest BCUT2D eigenvalue weighted by Crippen LogP contribution is -2.32. The first-order valence-electron chi connectivity index (χ1n) is 13.4. The average Bonchev–Trinajstić information content (AvgIpc) is 3.53. The number of aromatic nitrogens is 4. The summed E-state index contributed by atoms with van der Waals surface area (Å²) in [5.74, 6) is 2.29. The molecule has 1 aliphatic heterocycles. The van der Waals surface area contributed by atoms with Gasteiger partial charge in [-0.15, -0.1) is 11.3 Å². The number of pyridine rings is 2. The molecule has 1 aliphatic rings. The number of thiophene rings is 1. The number of anilines is 1. The minimum Gasteiger partial charge on any atom is -0.382 e. The van der Waals surface area contributed by atoms with Crippen LogP contribution in [0.2, 0.25) is 0 Å². The second kappa shape index (κ2) is 10.6. The number of benzene rings is 1. The first-order chi connectivity index (χ1) is 18.2. The van der Waals surface area contributed by atoms with Gasteiger partial charge in [0.15, 0.2) is 5.82 Å². The van der Waals surface area contributed by atoms with Gasteiger partial charge in [0.1, 0.15) is 11.3 Å². The molecule has 6 rings (SSSR count). The van der Waals surface area contributed by atoms with E-state index >= 15 is 0 Å². The Kier molecular flexibility index (Phi) is 6.89. The molecule has 0 radical (unpaired) electrons. The number of imidazole rings is 1. The molecule has 1 aromatic carbocycles. The van der Waals surface area contributed by atoms with Crippen molar-refractivity contribution in [2.24, 2.45) is 0 Å². The molecule has 5 aromatic rings. The Morgan fingerprint density at radius 2 is 1.78 bits per heavy atom. The van der Waals surface area contributed by atoms with E-state index in [0.717, 1.165) is 67.8 Å². The molecule has 7 heteroatoms. The molecule has 0 amide bonds. The van der Waals surface area contributed by atoms with Gasteiger partial charge in [-0.05, 0) is 78.5 Å². The Labute approximate surface area is 222 Å². The summed E-state index contributed by atoms with van der Waals surface area (Å²) in [7, 11) is 0. The smallest absolute Gasteiger partial charge is 0.152 e. The Morgan fingerprint density at radius 1 is 1.00 bits per heavy atom. The number of hydrogen-bond acceptors (Lipinski definition) is 6. The van der Waals surface area contributed by atoms with E-state index in [9.17, 15) is 0 Å². The van der Waals surface area contributed by atoms with Crippen LogP contribution in [0.1, 0.15) is 61.0 Å². The van der Waals surface area contributed by atoms with Gasteiger partial charge in [0.25, 0.3) is 0 Å². The predicted molar refractivity (Wildman–Crippen MR) is 153 cm³/mol. The monoisotopic (exact) mass is 510 g/mol. The van der Waals surface area contributed by atoms with Crippen LogP contribution < -0.4 is 5.73 Å². The van der Waals surface area contributed by atoms with Crippen molar-refractivity contribution in [1.82, 2.24) is 24.4 Å². The molecule has 1 fully saturated rings. The normalized spacial score (nSPS) is 15.2. The lowest BCUT2D eigenvalue weighted by Gasteiger charge is -2.32. The first-order valence-corrected chi connectivity index (χ1v) is 14.3. The summed E-state index contributed by atoms with van der Waals surface area (Å²) in [6.45, 7) is 6.28. The van der Waals surface area contributed by atoms with Gasteiger partial charge in [-0.3, -0.25) is 9.88 Å². The van der Waals surface area contributed by atoms with E-state index in [-0.39, 0.29) is 0 Å². The summed E-state index contributed by atoms with van der Waals surface area (Å²) < 4.78 is 3.56. The van der Waals surface area contributed by atoms with Gasteiger partial charge in [0.05, 0.1) is 15.7 Å². The van der Waals surface area contributed by atoms with E-state index in [0.29, 0.717) is 11.7 Å². The van der Waals surface area contributed by atoms with Crippen molar-refractivity contribution in [2.45, 2.75) is 58.0 Å². The van der Waals surface area contributed by atoms with Crippen molar-refractivity contribution in [2.75, 3.05) is 18.8 Å². The summed E-state index contributed by atoms with van der Waals surface area (Å²) in [5.41, 5.74) is 13.4. The zero-order valence-corrected chi connectivity index (χ0v) is 22.3. The van der Waals surface area contributed by atoms with Crippen LogP contribution in [0.5, 0.6) is 0 Å². The van der Waals surface area contributed by atoms with E-state index in [1.807, 2.05) is 12.4 Å². The van der Waals surface area contributed by atoms with Gasteiger partial charge in [-0.1, -0.05) is 37.6 Å². The summed E-state index contributed by atoms with van der Waals surface area (Å²) in [4.78, 5) is 16.4. The van der Waals surface area contributed by atoms with Gasteiger partial charge < -0.3 is 10.3 Å². The maximum absolute atomic E-state index is 6.37. The highest BCUT2D eigenvalue weighted by Crippen LogP contribution is 2.33. The molecular weight excluding hydrogens is 476 g/mol. The van der Waals surface area contributed by atoms with Crippen LogP contribution in [0.4, 0.5) is 5.82 Å². The molecule has 0 unspecified atom stereocenters.